The minimum atomic E-state index is -0.0274. The van der Waals surface area contributed by atoms with Gasteiger partial charge in [-0.05, 0) is 49.2 Å². The lowest BCUT2D eigenvalue weighted by atomic mass is 10.1. The van der Waals surface area contributed by atoms with Crippen LogP contribution in [-0.4, -0.2) is 13.0 Å². The van der Waals surface area contributed by atoms with Crippen LogP contribution < -0.4 is 16.2 Å². The van der Waals surface area contributed by atoms with E-state index in [1.807, 2.05) is 44.2 Å². The average molecular weight is 269 g/mol. The highest BCUT2D eigenvalue weighted by Gasteiger charge is 2.16. The molecular weight excluding hydrogens is 250 g/mol. The molecule has 0 spiro atoms. The SMILES string of the molecule is Cc1cc(NN)ccc1C(=O)N(C)c1ccccc1C. The average Bonchev–Trinajstić information content (AvgIpc) is 2.46. The Morgan fingerprint density at radius 2 is 1.80 bits per heavy atom. The number of carbonyl (C=O) groups is 1. The van der Waals surface area contributed by atoms with Crippen LogP contribution in [0.4, 0.5) is 11.4 Å². The third-order valence-electron chi connectivity index (χ3n) is 3.40. The van der Waals surface area contributed by atoms with Gasteiger partial charge in [-0.3, -0.25) is 10.6 Å². The van der Waals surface area contributed by atoms with E-state index in [0.717, 1.165) is 22.5 Å². The minimum absolute atomic E-state index is 0.0274. The summed E-state index contributed by atoms with van der Waals surface area (Å²) in [5.41, 5.74) is 6.92. The van der Waals surface area contributed by atoms with Crippen molar-refractivity contribution in [2.45, 2.75) is 13.8 Å². The molecule has 0 fully saturated rings. The lowest BCUT2D eigenvalue weighted by Gasteiger charge is -2.20. The van der Waals surface area contributed by atoms with Crippen molar-refractivity contribution in [3.63, 3.8) is 0 Å². The van der Waals surface area contributed by atoms with Crippen LogP contribution in [0.25, 0.3) is 0 Å². The first-order valence-corrected chi connectivity index (χ1v) is 6.45. The molecule has 0 aromatic heterocycles. The highest BCUT2D eigenvalue weighted by Crippen LogP contribution is 2.22. The molecule has 3 N–H and O–H groups in total. The predicted molar refractivity (Wildman–Crippen MR) is 82.9 cm³/mol. The lowest BCUT2D eigenvalue weighted by molar-refractivity contribution is 0.0992. The number of nitrogen functional groups attached to an aromatic ring is 1. The second-order valence-corrected chi connectivity index (χ2v) is 4.82. The number of amides is 1. The van der Waals surface area contributed by atoms with E-state index < -0.39 is 0 Å². The monoisotopic (exact) mass is 269 g/mol. The molecule has 4 heteroatoms. The van der Waals surface area contributed by atoms with Gasteiger partial charge in [-0.2, -0.15) is 0 Å². The fourth-order valence-corrected chi connectivity index (χ4v) is 2.22. The second-order valence-electron chi connectivity index (χ2n) is 4.82. The van der Waals surface area contributed by atoms with Gasteiger partial charge in [0, 0.05) is 24.0 Å². The minimum Gasteiger partial charge on any atom is -0.324 e. The highest BCUT2D eigenvalue weighted by molar-refractivity contribution is 6.07. The van der Waals surface area contributed by atoms with Gasteiger partial charge in [-0.1, -0.05) is 18.2 Å². The summed E-state index contributed by atoms with van der Waals surface area (Å²) in [6.45, 7) is 3.90. The number of para-hydroxylation sites is 1. The fraction of sp³-hybridized carbons (Fsp3) is 0.188. The smallest absolute Gasteiger partial charge is 0.258 e. The van der Waals surface area contributed by atoms with Crippen LogP contribution in [0, 0.1) is 13.8 Å². The summed E-state index contributed by atoms with van der Waals surface area (Å²) >= 11 is 0. The molecule has 0 saturated carbocycles. The zero-order chi connectivity index (χ0) is 14.7. The van der Waals surface area contributed by atoms with Crippen molar-refractivity contribution in [1.82, 2.24) is 0 Å². The van der Waals surface area contributed by atoms with Gasteiger partial charge in [0.15, 0.2) is 0 Å². The second kappa shape index (κ2) is 5.75. The first-order valence-electron chi connectivity index (χ1n) is 6.45. The largest absolute Gasteiger partial charge is 0.324 e. The molecule has 0 radical (unpaired) electrons. The number of aryl methyl sites for hydroxylation is 2. The third kappa shape index (κ3) is 2.65. The number of nitrogens with two attached hydrogens (primary N) is 1. The van der Waals surface area contributed by atoms with Crippen molar-refractivity contribution in [2.24, 2.45) is 5.84 Å². The van der Waals surface area contributed by atoms with E-state index in [2.05, 4.69) is 5.43 Å². The van der Waals surface area contributed by atoms with Gasteiger partial charge in [0.25, 0.3) is 5.91 Å². The molecule has 0 unspecified atom stereocenters. The Kier molecular flexibility index (Phi) is 4.05. The molecule has 1 amide bonds. The summed E-state index contributed by atoms with van der Waals surface area (Å²) in [6, 6.07) is 13.3. The van der Waals surface area contributed by atoms with E-state index in [-0.39, 0.29) is 5.91 Å². The highest BCUT2D eigenvalue weighted by atomic mass is 16.2. The predicted octanol–water partition coefficient (Wildman–Crippen LogP) is 2.87. The van der Waals surface area contributed by atoms with Gasteiger partial charge in [0.05, 0.1) is 0 Å². The molecular formula is C16H19N3O. The molecule has 0 heterocycles. The number of hydrogen-bond acceptors (Lipinski definition) is 3. The van der Waals surface area contributed by atoms with Crippen molar-refractivity contribution >= 4 is 17.3 Å². The van der Waals surface area contributed by atoms with Crippen molar-refractivity contribution < 1.29 is 4.79 Å². The van der Waals surface area contributed by atoms with Crippen LogP contribution in [0.1, 0.15) is 21.5 Å². The number of hydrazine groups is 1. The first kappa shape index (κ1) is 14.1. The van der Waals surface area contributed by atoms with Gasteiger partial charge in [0.2, 0.25) is 0 Å². The van der Waals surface area contributed by atoms with Gasteiger partial charge in [-0.25, -0.2) is 0 Å². The topological polar surface area (TPSA) is 58.4 Å². The fourth-order valence-electron chi connectivity index (χ4n) is 2.22. The van der Waals surface area contributed by atoms with Crippen molar-refractivity contribution in [2.75, 3.05) is 17.4 Å². The standard InChI is InChI=1S/C16H19N3O/c1-11-6-4-5-7-15(11)19(3)16(20)14-9-8-13(18-17)10-12(14)2/h4-10,18H,17H2,1-3H3. The van der Waals surface area contributed by atoms with Crippen molar-refractivity contribution in [3.8, 4) is 0 Å². The summed E-state index contributed by atoms with van der Waals surface area (Å²) in [5.74, 6) is 5.34. The summed E-state index contributed by atoms with van der Waals surface area (Å²) in [4.78, 5) is 14.3. The van der Waals surface area contributed by atoms with Crippen LogP contribution in [0.15, 0.2) is 42.5 Å². The summed E-state index contributed by atoms with van der Waals surface area (Å²) in [7, 11) is 1.79. The Morgan fingerprint density at radius 1 is 1.10 bits per heavy atom. The Bertz CT molecular complexity index is 637. The Morgan fingerprint density at radius 3 is 2.40 bits per heavy atom. The lowest BCUT2D eigenvalue weighted by Crippen LogP contribution is -2.27. The molecule has 2 aromatic carbocycles. The quantitative estimate of drug-likeness (QED) is 0.665. The first-order chi connectivity index (χ1) is 9.54. The number of hydrogen-bond donors (Lipinski definition) is 2. The maximum absolute atomic E-state index is 12.6. The van der Waals surface area contributed by atoms with Crippen LogP contribution >= 0.6 is 0 Å². The molecule has 20 heavy (non-hydrogen) atoms. The summed E-state index contributed by atoms with van der Waals surface area (Å²) in [5, 5.41) is 0. The van der Waals surface area contributed by atoms with E-state index >= 15 is 0 Å². The van der Waals surface area contributed by atoms with E-state index in [1.165, 1.54) is 0 Å². The van der Waals surface area contributed by atoms with Crippen molar-refractivity contribution in [3.05, 3.63) is 59.2 Å². The Labute approximate surface area is 119 Å². The Balaban J connectivity index is 2.34. The number of nitrogens with one attached hydrogen (secondary N) is 1. The number of benzene rings is 2. The zero-order valence-corrected chi connectivity index (χ0v) is 12.0. The molecule has 0 atom stereocenters. The van der Waals surface area contributed by atoms with Gasteiger partial charge in [0.1, 0.15) is 0 Å². The van der Waals surface area contributed by atoms with Crippen LogP contribution in [0.3, 0.4) is 0 Å². The number of anilines is 2. The van der Waals surface area contributed by atoms with E-state index in [1.54, 1.807) is 24.1 Å². The Hall–Kier alpha value is -2.33. The molecule has 0 aliphatic heterocycles. The molecule has 4 nitrogen and oxygen atoms in total. The summed E-state index contributed by atoms with van der Waals surface area (Å²) in [6.07, 6.45) is 0. The van der Waals surface area contributed by atoms with Gasteiger partial charge < -0.3 is 10.3 Å². The van der Waals surface area contributed by atoms with Crippen molar-refractivity contribution in [1.29, 1.82) is 0 Å². The molecule has 0 saturated heterocycles. The van der Waals surface area contributed by atoms with Crippen LogP contribution in [0.2, 0.25) is 0 Å². The molecule has 0 aliphatic rings. The maximum atomic E-state index is 12.6. The van der Waals surface area contributed by atoms with Crippen LogP contribution in [0.5, 0.6) is 0 Å². The summed E-state index contributed by atoms with van der Waals surface area (Å²) < 4.78 is 0. The van der Waals surface area contributed by atoms with Gasteiger partial charge in [-0.15, -0.1) is 0 Å². The molecule has 2 aromatic rings. The normalized spacial score (nSPS) is 10.2. The number of rotatable bonds is 3. The maximum Gasteiger partial charge on any atom is 0.258 e. The number of carbonyl (C=O) groups excluding carboxylic acids is 1. The van der Waals surface area contributed by atoms with E-state index in [0.29, 0.717) is 5.56 Å². The number of nitrogens with zero attached hydrogens (tertiary/aromatic N) is 1. The van der Waals surface area contributed by atoms with E-state index in [4.69, 9.17) is 5.84 Å². The molecule has 2 rings (SSSR count). The van der Waals surface area contributed by atoms with Crippen LogP contribution in [-0.2, 0) is 0 Å². The van der Waals surface area contributed by atoms with E-state index in [9.17, 15) is 4.79 Å². The molecule has 0 bridgehead atoms. The molecule has 104 valence electrons. The van der Waals surface area contributed by atoms with Gasteiger partial charge >= 0.3 is 0 Å². The molecule has 0 aliphatic carbocycles. The third-order valence-corrected chi connectivity index (χ3v) is 3.40. The zero-order valence-electron chi connectivity index (χ0n) is 12.0.